The van der Waals surface area contributed by atoms with Crippen molar-refractivity contribution in [2.75, 3.05) is 19.6 Å². The zero-order valence-corrected chi connectivity index (χ0v) is 13.2. The van der Waals surface area contributed by atoms with Crippen molar-refractivity contribution < 1.29 is 4.79 Å². The van der Waals surface area contributed by atoms with Crippen molar-refractivity contribution in [1.82, 2.24) is 10.2 Å². The van der Waals surface area contributed by atoms with Gasteiger partial charge in [0.05, 0.1) is 5.92 Å². The molecule has 0 spiro atoms. The summed E-state index contributed by atoms with van der Waals surface area (Å²) in [6, 6.07) is 5.58. The van der Waals surface area contributed by atoms with Gasteiger partial charge in [-0.15, -0.1) is 0 Å². The van der Waals surface area contributed by atoms with E-state index in [-0.39, 0.29) is 11.8 Å². The van der Waals surface area contributed by atoms with Crippen LogP contribution in [0, 0.1) is 5.92 Å². The van der Waals surface area contributed by atoms with Crippen molar-refractivity contribution in [2.24, 2.45) is 5.92 Å². The first kappa shape index (κ1) is 15.6. The van der Waals surface area contributed by atoms with E-state index < -0.39 is 0 Å². The van der Waals surface area contributed by atoms with Gasteiger partial charge in [0, 0.05) is 29.7 Å². The van der Waals surface area contributed by atoms with Gasteiger partial charge in [0.15, 0.2) is 0 Å². The Morgan fingerprint density at radius 2 is 2.25 bits per heavy atom. The lowest BCUT2D eigenvalue weighted by Gasteiger charge is -2.32. The van der Waals surface area contributed by atoms with Crippen LogP contribution in [0.5, 0.6) is 0 Å². The summed E-state index contributed by atoms with van der Waals surface area (Å²) in [7, 11) is 0. The average Bonchev–Trinajstić information content (AvgIpc) is 2.43. The predicted molar refractivity (Wildman–Crippen MR) is 83.1 cm³/mol. The topological polar surface area (TPSA) is 32.3 Å². The van der Waals surface area contributed by atoms with E-state index >= 15 is 0 Å². The van der Waals surface area contributed by atoms with Gasteiger partial charge in [-0.05, 0) is 44.0 Å². The largest absolute Gasteiger partial charge is 0.356 e. The summed E-state index contributed by atoms with van der Waals surface area (Å²) in [6.45, 7) is 5.22. The Bertz CT molecular complexity index is 479. The van der Waals surface area contributed by atoms with Crippen molar-refractivity contribution in [3.8, 4) is 0 Å². The monoisotopic (exact) mass is 314 g/mol. The highest BCUT2D eigenvalue weighted by Gasteiger charge is 2.25. The van der Waals surface area contributed by atoms with Gasteiger partial charge < -0.3 is 5.32 Å². The Morgan fingerprint density at radius 1 is 1.45 bits per heavy atom. The van der Waals surface area contributed by atoms with Crippen LogP contribution in [0.2, 0.25) is 10.0 Å². The second kappa shape index (κ2) is 7.30. The Labute approximate surface area is 130 Å². The number of carbonyl (C=O) groups is 1. The number of piperidine rings is 1. The van der Waals surface area contributed by atoms with Crippen molar-refractivity contribution >= 4 is 29.1 Å². The van der Waals surface area contributed by atoms with Crippen LogP contribution in [0.3, 0.4) is 0 Å². The third-order valence-electron chi connectivity index (χ3n) is 3.64. The van der Waals surface area contributed by atoms with Gasteiger partial charge in [0.1, 0.15) is 0 Å². The SMILES string of the molecule is CCNC(=O)C1CCCN(Cc2ccc(Cl)cc2Cl)C1. The molecule has 0 bridgehead atoms. The van der Waals surface area contributed by atoms with E-state index in [0.29, 0.717) is 16.6 Å². The van der Waals surface area contributed by atoms with Crippen LogP contribution >= 0.6 is 23.2 Å². The van der Waals surface area contributed by atoms with Crippen molar-refractivity contribution in [3.05, 3.63) is 33.8 Å². The van der Waals surface area contributed by atoms with Crippen LogP contribution in [0.15, 0.2) is 18.2 Å². The van der Waals surface area contributed by atoms with Gasteiger partial charge in [0.2, 0.25) is 5.91 Å². The maximum Gasteiger partial charge on any atom is 0.224 e. The number of nitrogens with one attached hydrogen (secondary N) is 1. The molecule has 1 N–H and O–H groups in total. The molecule has 1 aromatic carbocycles. The summed E-state index contributed by atoms with van der Waals surface area (Å²) in [6.07, 6.45) is 2.02. The molecule has 1 heterocycles. The molecule has 3 nitrogen and oxygen atoms in total. The van der Waals surface area contributed by atoms with Gasteiger partial charge in [-0.1, -0.05) is 29.3 Å². The van der Waals surface area contributed by atoms with Crippen LogP contribution in [0.4, 0.5) is 0 Å². The van der Waals surface area contributed by atoms with E-state index in [1.165, 1.54) is 0 Å². The number of carbonyl (C=O) groups excluding carboxylic acids is 1. The first-order valence-electron chi connectivity index (χ1n) is 7.04. The normalized spacial score (nSPS) is 19.9. The maximum atomic E-state index is 11.9. The number of halogens is 2. The minimum Gasteiger partial charge on any atom is -0.356 e. The van der Waals surface area contributed by atoms with Crippen molar-refractivity contribution in [1.29, 1.82) is 0 Å². The fraction of sp³-hybridized carbons (Fsp3) is 0.533. The van der Waals surface area contributed by atoms with Crippen LogP contribution in [0.25, 0.3) is 0 Å². The van der Waals surface area contributed by atoms with Gasteiger partial charge >= 0.3 is 0 Å². The molecule has 1 saturated heterocycles. The molecule has 20 heavy (non-hydrogen) atoms. The average molecular weight is 315 g/mol. The molecule has 0 radical (unpaired) electrons. The Morgan fingerprint density at radius 3 is 2.95 bits per heavy atom. The standard InChI is InChI=1S/C15H20Cl2N2O/c1-2-18-15(20)12-4-3-7-19(10-12)9-11-5-6-13(16)8-14(11)17/h5-6,8,12H,2-4,7,9-10H2,1H3,(H,18,20). The molecular formula is C15H20Cl2N2O. The molecule has 110 valence electrons. The molecule has 5 heteroatoms. The predicted octanol–water partition coefficient (Wildman–Crippen LogP) is 3.34. The van der Waals surface area contributed by atoms with E-state index in [9.17, 15) is 4.79 Å². The zero-order chi connectivity index (χ0) is 14.5. The summed E-state index contributed by atoms with van der Waals surface area (Å²) < 4.78 is 0. The van der Waals surface area contributed by atoms with E-state index in [2.05, 4.69) is 10.2 Å². The van der Waals surface area contributed by atoms with Crippen molar-refractivity contribution in [3.63, 3.8) is 0 Å². The van der Waals surface area contributed by atoms with Crippen LogP contribution in [-0.2, 0) is 11.3 Å². The van der Waals surface area contributed by atoms with E-state index in [1.54, 1.807) is 6.07 Å². The number of nitrogens with zero attached hydrogens (tertiary/aromatic N) is 1. The lowest BCUT2D eigenvalue weighted by molar-refractivity contribution is -0.126. The van der Waals surface area contributed by atoms with Crippen LogP contribution in [0.1, 0.15) is 25.3 Å². The Kier molecular flexibility index (Phi) is 5.70. The highest BCUT2D eigenvalue weighted by Crippen LogP contribution is 2.24. The minimum atomic E-state index is 0.0924. The number of hydrogen-bond acceptors (Lipinski definition) is 2. The quantitative estimate of drug-likeness (QED) is 0.924. The summed E-state index contributed by atoms with van der Waals surface area (Å²) in [5, 5.41) is 4.25. The molecule has 1 aliphatic rings. The Balaban J connectivity index is 1.97. The van der Waals surface area contributed by atoms with Gasteiger partial charge in [-0.3, -0.25) is 9.69 Å². The molecule has 1 fully saturated rings. The lowest BCUT2D eigenvalue weighted by Crippen LogP contribution is -2.42. The number of hydrogen-bond donors (Lipinski definition) is 1. The van der Waals surface area contributed by atoms with Gasteiger partial charge in [-0.2, -0.15) is 0 Å². The first-order chi connectivity index (χ1) is 9.60. The second-order valence-electron chi connectivity index (χ2n) is 5.20. The number of rotatable bonds is 4. The maximum absolute atomic E-state index is 11.9. The fourth-order valence-corrected chi connectivity index (χ4v) is 3.09. The molecular weight excluding hydrogens is 295 g/mol. The summed E-state index contributed by atoms with van der Waals surface area (Å²) in [5.74, 6) is 0.258. The number of likely N-dealkylation sites (tertiary alicyclic amines) is 1. The van der Waals surface area contributed by atoms with Crippen LogP contribution in [-0.4, -0.2) is 30.4 Å². The molecule has 0 saturated carbocycles. The highest BCUT2D eigenvalue weighted by molar-refractivity contribution is 6.35. The summed E-state index contributed by atoms with van der Waals surface area (Å²) in [4.78, 5) is 14.2. The van der Waals surface area contributed by atoms with E-state index in [4.69, 9.17) is 23.2 Å². The number of amides is 1. The molecule has 1 aromatic rings. The van der Waals surface area contributed by atoms with E-state index in [0.717, 1.165) is 38.0 Å². The molecule has 2 rings (SSSR count). The first-order valence-corrected chi connectivity index (χ1v) is 7.79. The summed E-state index contributed by atoms with van der Waals surface area (Å²) >= 11 is 12.1. The van der Waals surface area contributed by atoms with Crippen LogP contribution < -0.4 is 5.32 Å². The molecule has 1 unspecified atom stereocenters. The minimum absolute atomic E-state index is 0.0924. The fourth-order valence-electron chi connectivity index (χ4n) is 2.62. The second-order valence-corrected chi connectivity index (χ2v) is 6.05. The lowest BCUT2D eigenvalue weighted by atomic mass is 9.96. The Hall–Kier alpha value is -0.770. The molecule has 1 atom stereocenters. The highest BCUT2D eigenvalue weighted by atomic mass is 35.5. The van der Waals surface area contributed by atoms with E-state index in [1.807, 2.05) is 19.1 Å². The third kappa shape index (κ3) is 4.11. The smallest absolute Gasteiger partial charge is 0.224 e. The number of benzene rings is 1. The van der Waals surface area contributed by atoms with Gasteiger partial charge in [0.25, 0.3) is 0 Å². The molecule has 1 amide bonds. The summed E-state index contributed by atoms with van der Waals surface area (Å²) in [5.41, 5.74) is 1.06. The molecule has 0 aliphatic carbocycles. The van der Waals surface area contributed by atoms with Crippen molar-refractivity contribution in [2.45, 2.75) is 26.3 Å². The molecule has 0 aromatic heterocycles. The van der Waals surface area contributed by atoms with Gasteiger partial charge in [-0.25, -0.2) is 0 Å². The molecule has 1 aliphatic heterocycles. The third-order valence-corrected chi connectivity index (χ3v) is 4.22. The zero-order valence-electron chi connectivity index (χ0n) is 11.7.